The number of rotatable bonds is 6. The molecule has 8 heteroatoms. The van der Waals surface area contributed by atoms with Crippen molar-refractivity contribution in [3.8, 4) is 11.5 Å². The lowest BCUT2D eigenvalue weighted by Gasteiger charge is -2.23. The van der Waals surface area contributed by atoms with Crippen LogP contribution >= 0.6 is 0 Å². The minimum absolute atomic E-state index is 0.0630. The van der Waals surface area contributed by atoms with Gasteiger partial charge in [0.15, 0.2) is 11.6 Å². The number of nitrogens with one attached hydrogen (secondary N) is 1. The maximum Gasteiger partial charge on any atom is 0.180 e. The molecule has 1 aliphatic rings. The molecule has 1 unspecified atom stereocenters. The smallest absolute Gasteiger partial charge is 0.180 e. The molecule has 8 nitrogen and oxygen atoms in total. The van der Waals surface area contributed by atoms with Crippen LogP contribution in [0.15, 0.2) is 30.5 Å². The number of ether oxygens (including phenoxy) is 1. The molecule has 140 valence electrons. The Labute approximate surface area is 158 Å². The Hall–Kier alpha value is -2.87. The van der Waals surface area contributed by atoms with Gasteiger partial charge in [0.05, 0.1) is 6.04 Å². The number of anilines is 1. The molecule has 4 heterocycles. The summed E-state index contributed by atoms with van der Waals surface area (Å²) in [5, 5.41) is 8.06. The van der Waals surface area contributed by atoms with Crippen LogP contribution < -0.4 is 5.32 Å². The van der Waals surface area contributed by atoms with Crippen molar-refractivity contribution in [1.82, 2.24) is 29.7 Å². The average Bonchev–Trinajstić information content (AvgIpc) is 3.12. The summed E-state index contributed by atoms with van der Waals surface area (Å²) in [6.45, 7) is 3.39. The molecule has 0 spiro atoms. The fourth-order valence-electron chi connectivity index (χ4n) is 3.27. The molecule has 0 saturated heterocycles. The zero-order valence-electron chi connectivity index (χ0n) is 15.6. The van der Waals surface area contributed by atoms with Crippen molar-refractivity contribution in [2.24, 2.45) is 0 Å². The molecule has 1 aliphatic heterocycles. The van der Waals surface area contributed by atoms with Crippen LogP contribution in [0.2, 0.25) is 0 Å². The van der Waals surface area contributed by atoms with E-state index in [2.05, 4.69) is 32.3 Å². The molecule has 4 rings (SSSR count). The van der Waals surface area contributed by atoms with Crippen LogP contribution in [0.4, 0.5) is 5.82 Å². The average molecular weight is 365 g/mol. The van der Waals surface area contributed by atoms with Gasteiger partial charge in [0, 0.05) is 31.6 Å². The maximum atomic E-state index is 5.17. The standard InChI is InChI=1S/C19H23N7O/c1-3-13-11-16(23-18(21-13)14-7-4-5-9-20-14)22-15-8-6-10-26-19(15)24-17(25-26)12-27-2/h4-5,7,9,11,15H,3,6,8,10,12H2,1-2H3,(H,21,22,23). The molecule has 0 radical (unpaired) electrons. The fourth-order valence-corrected chi connectivity index (χ4v) is 3.27. The van der Waals surface area contributed by atoms with Crippen LogP contribution in [-0.2, 0) is 24.3 Å². The molecule has 0 bridgehead atoms. The summed E-state index contributed by atoms with van der Waals surface area (Å²) in [5.41, 5.74) is 1.75. The van der Waals surface area contributed by atoms with Crippen LogP contribution in [-0.4, -0.2) is 36.8 Å². The third kappa shape index (κ3) is 3.80. The minimum Gasteiger partial charge on any atom is -0.377 e. The molecule has 1 atom stereocenters. The van der Waals surface area contributed by atoms with Crippen LogP contribution in [0.25, 0.3) is 11.5 Å². The highest BCUT2D eigenvalue weighted by molar-refractivity contribution is 5.53. The largest absolute Gasteiger partial charge is 0.377 e. The molecule has 0 saturated carbocycles. The van der Waals surface area contributed by atoms with E-state index in [4.69, 9.17) is 9.72 Å². The Balaban J connectivity index is 1.63. The summed E-state index contributed by atoms with van der Waals surface area (Å²) in [6.07, 6.45) is 4.61. The summed E-state index contributed by atoms with van der Waals surface area (Å²) in [5.74, 6) is 3.07. The Bertz CT molecular complexity index is 910. The van der Waals surface area contributed by atoms with Crippen molar-refractivity contribution in [1.29, 1.82) is 0 Å². The quantitative estimate of drug-likeness (QED) is 0.718. The van der Waals surface area contributed by atoms with Gasteiger partial charge in [-0.2, -0.15) is 5.10 Å². The Morgan fingerprint density at radius 3 is 2.96 bits per heavy atom. The number of pyridine rings is 1. The van der Waals surface area contributed by atoms with E-state index in [1.54, 1.807) is 13.3 Å². The normalized spacial score (nSPS) is 16.1. The van der Waals surface area contributed by atoms with E-state index in [0.717, 1.165) is 48.8 Å². The number of methoxy groups -OCH3 is 1. The Kier molecular flexibility index (Phi) is 5.06. The summed E-state index contributed by atoms with van der Waals surface area (Å²) in [7, 11) is 1.65. The van der Waals surface area contributed by atoms with E-state index in [0.29, 0.717) is 18.3 Å². The van der Waals surface area contributed by atoms with E-state index in [1.807, 2.05) is 28.9 Å². The highest BCUT2D eigenvalue weighted by atomic mass is 16.5. The van der Waals surface area contributed by atoms with E-state index < -0.39 is 0 Å². The third-order valence-corrected chi connectivity index (χ3v) is 4.55. The maximum absolute atomic E-state index is 5.17. The second-order valence-electron chi connectivity index (χ2n) is 6.52. The number of aryl methyl sites for hydroxylation is 2. The van der Waals surface area contributed by atoms with Gasteiger partial charge in [-0.1, -0.05) is 13.0 Å². The number of hydrogen-bond acceptors (Lipinski definition) is 7. The first kappa shape index (κ1) is 17.5. The lowest BCUT2D eigenvalue weighted by molar-refractivity contribution is 0.177. The van der Waals surface area contributed by atoms with Gasteiger partial charge in [-0.15, -0.1) is 0 Å². The van der Waals surface area contributed by atoms with Crippen molar-refractivity contribution in [2.75, 3.05) is 12.4 Å². The Morgan fingerprint density at radius 2 is 2.19 bits per heavy atom. The van der Waals surface area contributed by atoms with Crippen LogP contribution in [0.1, 0.15) is 43.1 Å². The van der Waals surface area contributed by atoms with E-state index >= 15 is 0 Å². The van der Waals surface area contributed by atoms with E-state index in [1.165, 1.54) is 0 Å². The number of aromatic nitrogens is 6. The molecule has 3 aromatic heterocycles. The molecule has 0 aliphatic carbocycles. The van der Waals surface area contributed by atoms with Gasteiger partial charge < -0.3 is 10.1 Å². The summed E-state index contributed by atoms with van der Waals surface area (Å²) in [6, 6.07) is 7.81. The summed E-state index contributed by atoms with van der Waals surface area (Å²) in [4.78, 5) is 18.3. The van der Waals surface area contributed by atoms with E-state index in [-0.39, 0.29) is 6.04 Å². The monoisotopic (exact) mass is 365 g/mol. The predicted molar refractivity (Wildman–Crippen MR) is 101 cm³/mol. The first-order chi connectivity index (χ1) is 13.3. The van der Waals surface area contributed by atoms with Crippen LogP contribution in [0.5, 0.6) is 0 Å². The fraction of sp³-hybridized carbons (Fsp3) is 0.421. The van der Waals surface area contributed by atoms with Gasteiger partial charge in [-0.3, -0.25) is 4.98 Å². The number of nitrogens with zero attached hydrogens (tertiary/aromatic N) is 6. The lowest BCUT2D eigenvalue weighted by Crippen LogP contribution is -2.23. The van der Waals surface area contributed by atoms with Crippen molar-refractivity contribution in [2.45, 2.75) is 45.4 Å². The van der Waals surface area contributed by atoms with Gasteiger partial charge in [-0.25, -0.2) is 19.6 Å². The van der Waals surface area contributed by atoms with Gasteiger partial charge in [-0.05, 0) is 31.4 Å². The zero-order chi connectivity index (χ0) is 18.6. The summed E-state index contributed by atoms with van der Waals surface area (Å²) >= 11 is 0. The molecular formula is C19H23N7O. The predicted octanol–water partition coefficient (Wildman–Crippen LogP) is 2.79. The first-order valence-corrected chi connectivity index (χ1v) is 9.25. The first-order valence-electron chi connectivity index (χ1n) is 9.25. The second kappa shape index (κ2) is 7.79. The summed E-state index contributed by atoms with van der Waals surface area (Å²) < 4.78 is 7.14. The zero-order valence-corrected chi connectivity index (χ0v) is 15.6. The molecular weight excluding hydrogens is 342 g/mol. The molecule has 27 heavy (non-hydrogen) atoms. The van der Waals surface area contributed by atoms with Crippen LogP contribution in [0, 0.1) is 0 Å². The van der Waals surface area contributed by atoms with Crippen molar-refractivity contribution < 1.29 is 4.74 Å². The van der Waals surface area contributed by atoms with Crippen LogP contribution in [0.3, 0.4) is 0 Å². The van der Waals surface area contributed by atoms with E-state index in [9.17, 15) is 0 Å². The second-order valence-corrected chi connectivity index (χ2v) is 6.52. The SMILES string of the molecule is CCc1cc(NC2CCCn3nc(COC)nc32)nc(-c2ccccn2)n1. The van der Waals surface area contributed by atoms with Gasteiger partial charge in [0.1, 0.15) is 23.9 Å². The molecule has 1 N–H and O–H groups in total. The highest BCUT2D eigenvalue weighted by Crippen LogP contribution is 2.27. The van der Waals surface area contributed by atoms with Crippen molar-refractivity contribution >= 4 is 5.82 Å². The Morgan fingerprint density at radius 1 is 1.26 bits per heavy atom. The third-order valence-electron chi connectivity index (χ3n) is 4.55. The lowest BCUT2D eigenvalue weighted by atomic mass is 10.1. The molecule has 0 amide bonds. The number of fused-ring (bicyclic) bond motifs is 1. The van der Waals surface area contributed by atoms with Gasteiger partial charge in [0.2, 0.25) is 0 Å². The highest BCUT2D eigenvalue weighted by Gasteiger charge is 2.25. The van der Waals surface area contributed by atoms with Gasteiger partial charge in [0.25, 0.3) is 0 Å². The minimum atomic E-state index is 0.0630. The molecule has 3 aromatic rings. The van der Waals surface area contributed by atoms with Crippen molar-refractivity contribution in [3.63, 3.8) is 0 Å². The van der Waals surface area contributed by atoms with Crippen molar-refractivity contribution in [3.05, 3.63) is 47.8 Å². The van der Waals surface area contributed by atoms with Gasteiger partial charge >= 0.3 is 0 Å². The topological polar surface area (TPSA) is 90.6 Å². The number of hydrogen-bond donors (Lipinski definition) is 1. The molecule has 0 aromatic carbocycles. The molecule has 0 fully saturated rings.